The van der Waals surface area contributed by atoms with Crippen LogP contribution in [0.15, 0.2) is 42.5 Å². The van der Waals surface area contributed by atoms with E-state index in [-0.39, 0.29) is 6.04 Å². The predicted molar refractivity (Wildman–Crippen MR) is 82.6 cm³/mol. The highest BCUT2D eigenvalue weighted by Crippen LogP contribution is 2.20. The number of benzene rings is 2. The molecule has 102 valence electrons. The molecular formula is C17H19N3. The van der Waals surface area contributed by atoms with Gasteiger partial charge >= 0.3 is 0 Å². The summed E-state index contributed by atoms with van der Waals surface area (Å²) in [5.74, 6) is 0.946. The van der Waals surface area contributed by atoms with E-state index in [2.05, 4.69) is 48.1 Å². The lowest BCUT2D eigenvalue weighted by Gasteiger charge is -2.09. The van der Waals surface area contributed by atoms with Gasteiger partial charge in [0.2, 0.25) is 0 Å². The van der Waals surface area contributed by atoms with Crippen LogP contribution in [0, 0.1) is 13.8 Å². The molecule has 1 aromatic heterocycles. The number of nitrogens with two attached hydrogens (primary N) is 1. The van der Waals surface area contributed by atoms with Crippen LogP contribution in [-0.4, -0.2) is 9.97 Å². The lowest BCUT2D eigenvalue weighted by Crippen LogP contribution is -2.13. The summed E-state index contributed by atoms with van der Waals surface area (Å²) in [4.78, 5) is 8.02. The smallest absolute Gasteiger partial charge is 0.109 e. The molecule has 3 N–H and O–H groups in total. The number of aryl methyl sites for hydroxylation is 2. The van der Waals surface area contributed by atoms with Crippen LogP contribution in [0.1, 0.15) is 28.6 Å². The Kier molecular flexibility index (Phi) is 3.28. The van der Waals surface area contributed by atoms with Crippen LogP contribution < -0.4 is 5.73 Å². The van der Waals surface area contributed by atoms with Crippen molar-refractivity contribution >= 4 is 11.0 Å². The molecule has 3 nitrogen and oxygen atoms in total. The molecule has 20 heavy (non-hydrogen) atoms. The molecule has 0 aliphatic carbocycles. The fourth-order valence-corrected chi connectivity index (χ4v) is 2.45. The van der Waals surface area contributed by atoms with E-state index >= 15 is 0 Å². The van der Waals surface area contributed by atoms with E-state index in [1.54, 1.807) is 0 Å². The highest BCUT2D eigenvalue weighted by Gasteiger charge is 2.10. The summed E-state index contributed by atoms with van der Waals surface area (Å²) in [5, 5.41) is 0. The van der Waals surface area contributed by atoms with Crippen LogP contribution in [0.5, 0.6) is 0 Å². The number of hydrogen-bond donors (Lipinski definition) is 2. The standard InChI is InChI=1S/C17H19N3/c1-11-8-15-16(9-12(11)2)20-17(19-15)10-14(18)13-6-4-3-5-7-13/h3-9,14H,10,18H2,1-2H3,(H,19,20). The van der Waals surface area contributed by atoms with Crippen molar-refractivity contribution in [2.24, 2.45) is 5.73 Å². The van der Waals surface area contributed by atoms with Crippen LogP contribution in [0.4, 0.5) is 0 Å². The van der Waals surface area contributed by atoms with Crippen LogP contribution in [-0.2, 0) is 6.42 Å². The predicted octanol–water partition coefficient (Wildman–Crippen LogP) is 3.42. The molecule has 0 fully saturated rings. The molecule has 0 bridgehead atoms. The quantitative estimate of drug-likeness (QED) is 0.762. The molecule has 3 heteroatoms. The molecule has 1 unspecified atom stereocenters. The van der Waals surface area contributed by atoms with Crippen molar-refractivity contribution in [3.05, 3.63) is 65.0 Å². The van der Waals surface area contributed by atoms with Crippen LogP contribution >= 0.6 is 0 Å². The minimum absolute atomic E-state index is 0.0287. The van der Waals surface area contributed by atoms with Crippen molar-refractivity contribution in [1.82, 2.24) is 9.97 Å². The minimum atomic E-state index is -0.0287. The Labute approximate surface area is 118 Å². The second-order valence-electron chi connectivity index (χ2n) is 5.36. The molecular weight excluding hydrogens is 246 g/mol. The van der Waals surface area contributed by atoms with Crippen molar-refractivity contribution in [3.63, 3.8) is 0 Å². The van der Waals surface area contributed by atoms with Crippen LogP contribution in [0.3, 0.4) is 0 Å². The maximum Gasteiger partial charge on any atom is 0.109 e. The highest BCUT2D eigenvalue weighted by molar-refractivity contribution is 5.77. The van der Waals surface area contributed by atoms with Gasteiger partial charge in [0.1, 0.15) is 5.82 Å². The Hall–Kier alpha value is -2.13. The first-order valence-corrected chi connectivity index (χ1v) is 6.90. The van der Waals surface area contributed by atoms with Crippen molar-refractivity contribution in [3.8, 4) is 0 Å². The number of imidazole rings is 1. The first-order chi connectivity index (χ1) is 9.63. The molecule has 0 spiro atoms. The maximum atomic E-state index is 6.25. The molecule has 0 aliphatic rings. The third-order valence-corrected chi connectivity index (χ3v) is 3.79. The molecule has 1 heterocycles. The van der Waals surface area contributed by atoms with Crippen molar-refractivity contribution < 1.29 is 0 Å². The van der Waals surface area contributed by atoms with E-state index in [9.17, 15) is 0 Å². The fraction of sp³-hybridized carbons (Fsp3) is 0.235. The van der Waals surface area contributed by atoms with Gasteiger partial charge in [-0.15, -0.1) is 0 Å². The van der Waals surface area contributed by atoms with Gasteiger partial charge in [0.25, 0.3) is 0 Å². The average molecular weight is 265 g/mol. The Morgan fingerprint density at radius 2 is 1.80 bits per heavy atom. The largest absolute Gasteiger partial charge is 0.342 e. The maximum absolute atomic E-state index is 6.25. The van der Waals surface area contributed by atoms with Gasteiger partial charge in [-0.25, -0.2) is 4.98 Å². The van der Waals surface area contributed by atoms with Crippen molar-refractivity contribution in [2.45, 2.75) is 26.3 Å². The van der Waals surface area contributed by atoms with E-state index in [0.29, 0.717) is 0 Å². The van der Waals surface area contributed by atoms with Gasteiger partial charge in [0.05, 0.1) is 11.0 Å². The zero-order chi connectivity index (χ0) is 14.1. The molecule has 3 rings (SSSR count). The van der Waals surface area contributed by atoms with E-state index in [0.717, 1.165) is 28.8 Å². The number of nitrogens with zero attached hydrogens (tertiary/aromatic N) is 1. The molecule has 0 amide bonds. The Morgan fingerprint density at radius 3 is 2.55 bits per heavy atom. The number of rotatable bonds is 3. The van der Waals surface area contributed by atoms with Gasteiger partial charge in [-0.2, -0.15) is 0 Å². The first kappa shape index (κ1) is 12.9. The van der Waals surface area contributed by atoms with Crippen molar-refractivity contribution in [2.75, 3.05) is 0 Å². The van der Waals surface area contributed by atoms with Gasteiger partial charge in [-0.05, 0) is 42.7 Å². The highest BCUT2D eigenvalue weighted by atomic mass is 14.9. The van der Waals surface area contributed by atoms with E-state index < -0.39 is 0 Å². The third-order valence-electron chi connectivity index (χ3n) is 3.79. The zero-order valence-electron chi connectivity index (χ0n) is 11.9. The van der Waals surface area contributed by atoms with Crippen LogP contribution in [0.25, 0.3) is 11.0 Å². The summed E-state index contributed by atoms with van der Waals surface area (Å²) < 4.78 is 0. The minimum Gasteiger partial charge on any atom is -0.342 e. The topological polar surface area (TPSA) is 54.7 Å². The number of nitrogens with one attached hydrogen (secondary N) is 1. The lowest BCUT2D eigenvalue weighted by atomic mass is 10.0. The molecule has 1 atom stereocenters. The summed E-state index contributed by atoms with van der Waals surface area (Å²) >= 11 is 0. The monoisotopic (exact) mass is 265 g/mol. The second kappa shape index (κ2) is 5.10. The summed E-state index contributed by atoms with van der Waals surface area (Å²) in [6.45, 7) is 4.23. The summed E-state index contributed by atoms with van der Waals surface area (Å²) in [6, 6.07) is 14.4. The molecule has 0 saturated carbocycles. The van der Waals surface area contributed by atoms with E-state index in [4.69, 9.17) is 5.73 Å². The number of hydrogen-bond acceptors (Lipinski definition) is 2. The van der Waals surface area contributed by atoms with E-state index in [1.807, 2.05) is 18.2 Å². The fourth-order valence-electron chi connectivity index (χ4n) is 2.45. The second-order valence-corrected chi connectivity index (χ2v) is 5.36. The zero-order valence-corrected chi connectivity index (χ0v) is 11.9. The molecule has 0 radical (unpaired) electrons. The summed E-state index contributed by atoms with van der Waals surface area (Å²) in [5.41, 5.74) is 12.0. The van der Waals surface area contributed by atoms with Crippen molar-refractivity contribution in [1.29, 1.82) is 0 Å². The molecule has 0 aliphatic heterocycles. The van der Waals surface area contributed by atoms with E-state index in [1.165, 1.54) is 11.1 Å². The average Bonchev–Trinajstić information content (AvgIpc) is 2.81. The molecule has 3 aromatic rings. The first-order valence-electron chi connectivity index (χ1n) is 6.90. The number of aromatic amines is 1. The summed E-state index contributed by atoms with van der Waals surface area (Å²) in [7, 11) is 0. The third kappa shape index (κ3) is 2.45. The Bertz CT molecular complexity index is 690. The summed E-state index contributed by atoms with van der Waals surface area (Å²) in [6.07, 6.45) is 0.719. The van der Waals surface area contributed by atoms with Gasteiger partial charge in [-0.1, -0.05) is 30.3 Å². The number of fused-ring (bicyclic) bond motifs is 1. The Morgan fingerprint density at radius 1 is 1.10 bits per heavy atom. The lowest BCUT2D eigenvalue weighted by molar-refractivity contribution is 0.696. The number of H-pyrrole nitrogens is 1. The van der Waals surface area contributed by atoms with Gasteiger partial charge in [0, 0.05) is 12.5 Å². The van der Waals surface area contributed by atoms with Gasteiger partial charge < -0.3 is 10.7 Å². The molecule has 2 aromatic carbocycles. The SMILES string of the molecule is Cc1cc2nc(CC(N)c3ccccc3)[nH]c2cc1C. The molecule has 0 saturated heterocycles. The van der Waals surface area contributed by atoms with Crippen LogP contribution in [0.2, 0.25) is 0 Å². The van der Waals surface area contributed by atoms with Gasteiger partial charge in [0.15, 0.2) is 0 Å². The number of aromatic nitrogens is 2. The van der Waals surface area contributed by atoms with Gasteiger partial charge in [-0.3, -0.25) is 0 Å². The Balaban J connectivity index is 1.88. The normalized spacial score (nSPS) is 12.8.